The molecule has 0 saturated carbocycles. The molecule has 2 aromatic carbocycles. The Morgan fingerprint density at radius 1 is 0.964 bits per heavy atom. The molecule has 1 N–H and O–H groups in total. The maximum atomic E-state index is 13.0. The Kier molecular flexibility index (Phi) is 6.50. The summed E-state index contributed by atoms with van der Waals surface area (Å²) in [5.74, 6) is -1.50. The van der Waals surface area contributed by atoms with Gasteiger partial charge < -0.3 is 19.5 Å². The molecule has 0 heterocycles. The van der Waals surface area contributed by atoms with Crippen LogP contribution in [0.4, 0.5) is 18.9 Å². The number of ether oxygens (including phenoxy) is 3. The Bertz CT molecular complexity index is 845. The minimum atomic E-state index is -4.64. The summed E-state index contributed by atoms with van der Waals surface area (Å²) < 4.78 is 54.4. The number of alkyl halides is 3. The number of carbonyl (C=O) groups is 2. The zero-order valence-electron chi connectivity index (χ0n) is 15.3. The van der Waals surface area contributed by atoms with E-state index in [1.54, 1.807) is 6.07 Å². The molecule has 150 valence electrons. The summed E-state index contributed by atoms with van der Waals surface area (Å²) in [4.78, 5) is 24.7. The van der Waals surface area contributed by atoms with Gasteiger partial charge >= 0.3 is 12.1 Å². The lowest BCUT2D eigenvalue weighted by Gasteiger charge is -2.18. The van der Waals surface area contributed by atoms with Gasteiger partial charge in [-0.1, -0.05) is 18.2 Å². The molecule has 1 amide bonds. The maximum absolute atomic E-state index is 13.0. The van der Waals surface area contributed by atoms with Crippen LogP contribution in [0.5, 0.6) is 11.5 Å². The summed E-state index contributed by atoms with van der Waals surface area (Å²) in [5.41, 5.74) is -1.48. The van der Waals surface area contributed by atoms with E-state index >= 15 is 0 Å². The molecule has 28 heavy (non-hydrogen) atoms. The Labute approximate surface area is 159 Å². The zero-order valence-corrected chi connectivity index (χ0v) is 15.3. The first kappa shape index (κ1) is 21.1. The van der Waals surface area contributed by atoms with Gasteiger partial charge in [-0.05, 0) is 31.2 Å². The van der Waals surface area contributed by atoms with E-state index in [1.165, 1.54) is 45.4 Å². The summed E-state index contributed by atoms with van der Waals surface area (Å²) in [5, 5.41) is 2.13. The fourth-order valence-corrected chi connectivity index (χ4v) is 2.40. The van der Waals surface area contributed by atoms with Crippen LogP contribution in [-0.2, 0) is 15.7 Å². The van der Waals surface area contributed by atoms with Crippen molar-refractivity contribution in [3.63, 3.8) is 0 Å². The smallest absolute Gasteiger partial charge is 0.418 e. The van der Waals surface area contributed by atoms with E-state index in [2.05, 4.69) is 5.32 Å². The van der Waals surface area contributed by atoms with Gasteiger partial charge in [0, 0.05) is 0 Å². The van der Waals surface area contributed by atoms with Crippen LogP contribution in [0, 0.1) is 0 Å². The van der Waals surface area contributed by atoms with Crippen molar-refractivity contribution in [3.8, 4) is 11.5 Å². The van der Waals surface area contributed by atoms with Crippen LogP contribution in [-0.4, -0.2) is 32.2 Å². The van der Waals surface area contributed by atoms with Crippen LogP contribution in [0.2, 0.25) is 0 Å². The highest BCUT2D eigenvalue weighted by Crippen LogP contribution is 2.34. The minimum absolute atomic E-state index is 0.0390. The molecular formula is C19H18F3NO5. The van der Waals surface area contributed by atoms with Gasteiger partial charge in [-0.15, -0.1) is 0 Å². The summed E-state index contributed by atoms with van der Waals surface area (Å²) in [7, 11) is 2.69. The van der Waals surface area contributed by atoms with E-state index in [0.717, 1.165) is 12.1 Å². The molecule has 0 fully saturated rings. The number of hydrogen-bond acceptors (Lipinski definition) is 5. The number of hydrogen-bond donors (Lipinski definition) is 1. The quantitative estimate of drug-likeness (QED) is 0.749. The Balaban J connectivity index is 2.17. The van der Waals surface area contributed by atoms with E-state index < -0.39 is 35.4 Å². The number of para-hydroxylation sites is 1. The zero-order chi connectivity index (χ0) is 20.9. The predicted molar refractivity (Wildman–Crippen MR) is 94.5 cm³/mol. The molecule has 0 aliphatic carbocycles. The largest absolute Gasteiger partial charge is 0.496 e. The number of amides is 1. The molecule has 0 bridgehead atoms. The van der Waals surface area contributed by atoms with Crippen LogP contribution in [0.25, 0.3) is 0 Å². The third-order valence-electron chi connectivity index (χ3n) is 3.78. The summed E-state index contributed by atoms with van der Waals surface area (Å²) in [6.07, 6.45) is -6.02. The number of rotatable bonds is 6. The average molecular weight is 397 g/mol. The van der Waals surface area contributed by atoms with Gasteiger partial charge in [0.25, 0.3) is 5.91 Å². The molecule has 6 nitrogen and oxygen atoms in total. The van der Waals surface area contributed by atoms with Crippen LogP contribution in [0.15, 0.2) is 42.5 Å². The van der Waals surface area contributed by atoms with Gasteiger partial charge in [0.15, 0.2) is 6.10 Å². The molecule has 2 aromatic rings. The second-order valence-electron chi connectivity index (χ2n) is 5.62. The van der Waals surface area contributed by atoms with Crippen molar-refractivity contribution in [1.29, 1.82) is 0 Å². The van der Waals surface area contributed by atoms with Crippen molar-refractivity contribution < 1.29 is 37.0 Å². The van der Waals surface area contributed by atoms with Gasteiger partial charge in [0.05, 0.1) is 25.5 Å². The number of carbonyl (C=O) groups excluding carboxylic acids is 2. The van der Waals surface area contributed by atoms with Crippen molar-refractivity contribution in [3.05, 3.63) is 53.6 Å². The lowest BCUT2D eigenvalue weighted by molar-refractivity contribution is -0.137. The fourth-order valence-electron chi connectivity index (χ4n) is 2.40. The third-order valence-corrected chi connectivity index (χ3v) is 3.78. The van der Waals surface area contributed by atoms with Crippen LogP contribution < -0.4 is 14.8 Å². The average Bonchev–Trinajstić information content (AvgIpc) is 2.66. The van der Waals surface area contributed by atoms with Gasteiger partial charge in [-0.25, -0.2) is 4.79 Å². The number of nitrogens with one attached hydrogen (secondary N) is 1. The summed E-state index contributed by atoms with van der Waals surface area (Å²) >= 11 is 0. The molecular weight excluding hydrogens is 379 g/mol. The molecule has 0 aliphatic rings. The van der Waals surface area contributed by atoms with Crippen molar-refractivity contribution in [2.75, 3.05) is 19.5 Å². The third kappa shape index (κ3) is 4.73. The minimum Gasteiger partial charge on any atom is -0.496 e. The first-order valence-electron chi connectivity index (χ1n) is 8.08. The van der Waals surface area contributed by atoms with Gasteiger partial charge in [-0.3, -0.25) is 4.79 Å². The topological polar surface area (TPSA) is 73.9 Å². The standard InChI is InChI=1S/C19H18F3NO5/c1-11(17(24)23-13-8-5-4-7-12(13)19(20,21)22)28-18(25)16-14(26-2)9-6-10-15(16)27-3/h4-11H,1-3H3,(H,23,24). The second-order valence-corrected chi connectivity index (χ2v) is 5.62. The second kappa shape index (κ2) is 8.64. The van der Waals surface area contributed by atoms with E-state index in [4.69, 9.17) is 14.2 Å². The predicted octanol–water partition coefficient (Wildman–Crippen LogP) is 3.91. The molecule has 0 aromatic heterocycles. The van der Waals surface area contributed by atoms with Crippen LogP contribution in [0.3, 0.4) is 0 Å². The maximum Gasteiger partial charge on any atom is 0.418 e. The van der Waals surface area contributed by atoms with Crippen LogP contribution >= 0.6 is 0 Å². The molecule has 9 heteroatoms. The first-order chi connectivity index (χ1) is 13.2. The Morgan fingerprint density at radius 3 is 2.07 bits per heavy atom. The number of anilines is 1. The van der Waals surface area contributed by atoms with Crippen LogP contribution in [0.1, 0.15) is 22.8 Å². The number of benzene rings is 2. The number of halogens is 3. The molecule has 1 atom stereocenters. The van der Waals surface area contributed by atoms with Gasteiger partial charge in [0.2, 0.25) is 0 Å². The van der Waals surface area contributed by atoms with Crippen molar-refractivity contribution >= 4 is 17.6 Å². The monoisotopic (exact) mass is 397 g/mol. The SMILES string of the molecule is COc1cccc(OC)c1C(=O)OC(C)C(=O)Nc1ccccc1C(F)(F)F. The Hall–Kier alpha value is -3.23. The van der Waals surface area contributed by atoms with E-state index in [0.29, 0.717) is 0 Å². The molecule has 0 spiro atoms. The van der Waals surface area contributed by atoms with E-state index in [9.17, 15) is 22.8 Å². The highest BCUT2D eigenvalue weighted by molar-refractivity contribution is 6.00. The normalized spacial score (nSPS) is 12.1. The van der Waals surface area contributed by atoms with Gasteiger partial charge in [-0.2, -0.15) is 13.2 Å². The highest BCUT2D eigenvalue weighted by atomic mass is 19.4. The summed E-state index contributed by atoms with van der Waals surface area (Å²) in [6, 6.07) is 9.10. The lowest BCUT2D eigenvalue weighted by Crippen LogP contribution is -2.31. The molecule has 1 unspecified atom stereocenters. The number of esters is 1. The van der Waals surface area contributed by atoms with E-state index in [-0.39, 0.29) is 17.1 Å². The van der Waals surface area contributed by atoms with Crippen molar-refractivity contribution in [2.45, 2.75) is 19.2 Å². The Morgan fingerprint density at radius 2 is 1.54 bits per heavy atom. The lowest BCUT2D eigenvalue weighted by atomic mass is 10.1. The highest BCUT2D eigenvalue weighted by Gasteiger charge is 2.34. The van der Waals surface area contributed by atoms with E-state index in [1.807, 2.05) is 0 Å². The first-order valence-corrected chi connectivity index (χ1v) is 8.08. The van der Waals surface area contributed by atoms with Gasteiger partial charge in [0.1, 0.15) is 17.1 Å². The fraction of sp³-hybridized carbons (Fsp3) is 0.263. The number of methoxy groups -OCH3 is 2. The molecule has 0 radical (unpaired) electrons. The van der Waals surface area contributed by atoms with Crippen molar-refractivity contribution in [1.82, 2.24) is 0 Å². The molecule has 2 rings (SSSR count). The summed E-state index contributed by atoms with van der Waals surface area (Å²) in [6.45, 7) is 1.24. The molecule has 0 saturated heterocycles. The van der Waals surface area contributed by atoms with Crippen molar-refractivity contribution in [2.24, 2.45) is 0 Å². The molecule has 0 aliphatic heterocycles.